The molecule has 198 valence electrons. The number of nitrogen functional groups attached to an aromatic ring is 1. The van der Waals surface area contributed by atoms with E-state index in [9.17, 15) is 0 Å². The second-order valence-corrected chi connectivity index (χ2v) is 10.3. The Morgan fingerprint density at radius 3 is 2.26 bits per heavy atom. The molecule has 0 atom stereocenters. The molecule has 1 aliphatic heterocycles. The number of anilines is 1. The number of hydrogen-bond donors (Lipinski definition) is 3. The van der Waals surface area contributed by atoms with Crippen molar-refractivity contribution in [3.8, 4) is 5.75 Å². The molecule has 0 radical (unpaired) electrons. The van der Waals surface area contributed by atoms with E-state index in [-0.39, 0.29) is 11.9 Å². The van der Waals surface area contributed by atoms with Crippen LogP contribution in [0.3, 0.4) is 0 Å². The van der Waals surface area contributed by atoms with Gasteiger partial charge in [0.15, 0.2) is 0 Å². The monoisotopic (exact) mass is 535 g/mol. The lowest BCUT2D eigenvalue weighted by molar-refractivity contribution is 0.130. The van der Waals surface area contributed by atoms with Crippen molar-refractivity contribution in [3.05, 3.63) is 108 Å². The predicted octanol–water partition coefficient (Wildman–Crippen LogP) is 6.35. The highest BCUT2D eigenvalue weighted by atomic mass is 32.1. The van der Waals surface area contributed by atoms with Crippen LogP contribution in [0.5, 0.6) is 5.75 Å². The third-order valence-corrected chi connectivity index (χ3v) is 7.65. The van der Waals surface area contributed by atoms with E-state index < -0.39 is 0 Å². The first-order valence-corrected chi connectivity index (χ1v) is 13.6. The van der Waals surface area contributed by atoms with Crippen LogP contribution in [-0.2, 0) is 6.54 Å². The highest BCUT2D eigenvalue weighted by Crippen LogP contribution is 2.27. The van der Waals surface area contributed by atoms with E-state index in [1.165, 1.54) is 0 Å². The quantitative estimate of drug-likeness (QED) is 0.146. The van der Waals surface area contributed by atoms with E-state index >= 15 is 0 Å². The van der Waals surface area contributed by atoms with Gasteiger partial charge in [-0.2, -0.15) is 0 Å². The van der Waals surface area contributed by atoms with Crippen molar-refractivity contribution in [2.75, 3.05) is 18.0 Å². The van der Waals surface area contributed by atoms with Gasteiger partial charge in [-0.25, -0.2) is 0 Å². The van der Waals surface area contributed by atoms with Crippen molar-refractivity contribution in [1.82, 2.24) is 4.90 Å². The van der Waals surface area contributed by atoms with Gasteiger partial charge in [0, 0.05) is 49.3 Å². The van der Waals surface area contributed by atoms with Gasteiger partial charge in [0.25, 0.3) is 0 Å². The van der Waals surface area contributed by atoms with Crippen molar-refractivity contribution in [1.29, 1.82) is 10.8 Å². The van der Waals surface area contributed by atoms with E-state index in [4.69, 9.17) is 33.5 Å². The molecule has 1 aliphatic rings. The third-order valence-electron chi connectivity index (χ3n) is 7.19. The summed E-state index contributed by atoms with van der Waals surface area (Å²) in [6.07, 6.45) is 1.98. The second kappa shape index (κ2) is 11.7. The summed E-state index contributed by atoms with van der Waals surface area (Å²) in [6, 6.07) is 30.4. The molecule has 0 unspecified atom stereocenters. The Morgan fingerprint density at radius 1 is 0.897 bits per heavy atom. The molecule has 4 aromatic rings. The van der Waals surface area contributed by atoms with Gasteiger partial charge in [0.2, 0.25) is 0 Å². The van der Waals surface area contributed by atoms with Gasteiger partial charge in [-0.3, -0.25) is 10.8 Å². The Kier molecular flexibility index (Phi) is 7.89. The van der Waals surface area contributed by atoms with E-state index in [0.29, 0.717) is 17.9 Å². The van der Waals surface area contributed by atoms with Gasteiger partial charge in [0.05, 0.1) is 5.84 Å². The number of likely N-dealkylation sites (tertiary alicyclic amines) is 1. The van der Waals surface area contributed by atoms with Crippen LogP contribution in [-0.4, -0.2) is 40.8 Å². The lowest BCUT2D eigenvalue weighted by Crippen LogP contribution is -2.40. The fraction of sp³-hybridized carbons (Fsp3) is 0.219. The Hall–Kier alpha value is -4.23. The molecule has 5 rings (SSSR count). The average molecular weight is 536 g/mol. The van der Waals surface area contributed by atoms with Crippen LogP contribution in [0, 0.1) is 10.8 Å². The molecule has 1 fully saturated rings. The number of nitrogens with one attached hydrogen (secondary N) is 2. The molecule has 0 amide bonds. The third kappa shape index (κ3) is 6.26. The molecule has 7 heteroatoms. The van der Waals surface area contributed by atoms with Crippen LogP contribution >= 0.6 is 12.2 Å². The molecule has 4 N–H and O–H groups in total. The minimum absolute atomic E-state index is 0.0619. The van der Waals surface area contributed by atoms with E-state index in [0.717, 1.165) is 64.3 Å². The molecular formula is C32H33N5OS. The number of benzene rings is 4. The number of piperidine rings is 1. The number of fused-ring (bicyclic) bond motifs is 1. The Balaban J connectivity index is 1.38. The van der Waals surface area contributed by atoms with E-state index in [1.54, 1.807) is 0 Å². The number of hydrogen-bond acceptors (Lipinski definition) is 4. The number of thiocarbonyl (C=S) groups is 1. The number of ether oxygens (including phenoxy) is 1. The molecule has 0 spiro atoms. The summed E-state index contributed by atoms with van der Waals surface area (Å²) < 4.78 is 6.28. The maximum atomic E-state index is 7.84. The second-order valence-electron chi connectivity index (χ2n) is 9.95. The van der Waals surface area contributed by atoms with Crippen LogP contribution in [0.15, 0.2) is 91.0 Å². The standard InChI is InChI=1S/C32H33N5OS/c1-22(33)36-17-15-30(16-18-36)38-29-13-11-28(12-14-29)37(32(39)25-5-3-2-4-6-25)21-23-7-8-24-9-10-26(31(34)35)20-27(24)19-23/h2-14,19-20,30,33H,15-18,21H2,1H3,(H3,34,35). The Labute approximate surface area is 235 Å². The average Bonchev–Trinajstić information content (AvgIpc) is 2.96. The van der Waals surface area contributed by atoms with Gasteiger partial charge in [-0.15, -0.1) is 0 Å². The van der Waals surface area contributed by atoms with Crippen molar-refractivity contribution in [2.45, 2.75) is 32.4 Å². The predicted molar refractivity (Wildman–Crippen MR) is 164 cm³/mol. The maximum absolute atomic E-state index is 7.84. The van der Waals surface area contributed by atoms with Crippen LogP contribution < -0.4 is 15.4 Å². The van der Waals surface area contributed by atoms with Crippen molar-refractivity contribution < 1.29 is 4.74 Å². The number of nitrogens with two attached hydrogens (primary N) is 1. The van der Waals surface area contributed by atoms with Crippen LogP contribution in [0.25, 0.3) is 10.8 Å². The highest BCUT2D eigenvalue weighted by molar-refractivity contribution is 7.81. The van der Waals surface area contributed by atoms with Crippen molar-refractivity contribution >= 4 is 45.3 Å². The molecule has 39 heavy (non-hydrogen) atoms. The fourth-order valence-electron chi connectivity index (χ4n) is 4.97. The van der Waals surface area contributed by atoms with Gasteiger partial charge in [0.1, 0.15) is 22.7 Å². The van der Waals surface area contributed by atoms with Gasteiger partial charge in [-0.05, 0) is 59.7 Å². The minimum atomic E-state index is 0.0619. The first-order valence-electron chi connectivity index (χ1n) is 13.2. The zero-order chi connectivity index (χ0) is 27.4. The summed E-state index contributed by atoms with van der Waals surface area (Å²) in [6.45, 7) is 4.15. The molecule has 0 aliphatic carbocycles. The van der Waals surface area contributed by atoms with Gasteiger partial charge < -0.3 is 20.3 Å². The van der Waals surface area contributed by atoms with Crippen molar-refractivity contribution in [2.24, 2.45) is 5.73 Å². The topological polar surface area (TPSA) is 89.4 Å². The highest BCUT2D eigenvalue weighted by Gasteiger charge is 2.21. The molecule has 4 aromatic carbocycles. The van der Waals surface area contributed by atoms with Crippen LogP contribution in [0.2, 0.25) is 0 Å². The normalized spacial score (nSPS) is 13.7. The maximum Gasteiger partial charge on any atom is 0.122 e. The molecule has 0 saturated carbocycles. The number of rotatable bonds is 7. The van der Waals surface area contributed by atoms with Crippen LogP contribution in [0.1, 0.15) is 36.5 Å². The van der Waals surface area contributed by atoms with E-state index in [2.05, 4.69) is 40.1 Å². The number of amidine groups is 2. The zero-order valence-electron chi connectivity index (χ0n) is 22.1. The van der Waals surface area contributed by atoms with Crippen molar-refractivity contribution in [3.63, 3.8) is 0 Å². The van der Waals surface area contributed by atoms with Gasteiger partial charge >= 0.3 is 0 Å². The molecule has 0 aromatic heterocycles. The summed E-state index contributed by atoms with van der Waals surface area (Å²) in [5.41, 5.74) is 9.53. The molecule has 1 saturated heterocycles. The summed E-state index contributed by atoms with van der Waals surface area (Å²) in [5.74, 6) is 1.53. The minimum Gasteiger partial charge on any atom is -0.490 e. The smallest absolute Gasteiger partial charge is 0.122 e. The van der Waals surface area contributed by atoms with Crippen LogP contribution in [0.4, 0.5) is 5.69 Å². The Morgan fingerprint density at radius 2 is 1.59 bits per heavy atom. The Bertz CT molecular complexity index is 1490. The largest absolute Gasteiger partial charge is 0.490 e. The zero-order valence-corrected chi connectivity index (χ0v) is 22.9. The lowest BCUT2D eigenvalue weighted by atomic mass is 10.0. The molecule has 1 heterocycles. The lowest BCUT2D eigenvalue weighted by Gasteiger charge is -2.33. The first kappa shape index (κ1) is 26.4. The summed E-state index contributed by atoms with van der Waals surface area (Å²) in [4.78, 5) is 4.99. The van der Waals surface area contributed by atoms with Gasteiger partial charge in [-0.1, -0.05) is 66.8 Å². The number of nitrogens with zero attached hydrogens (tertiary/aromatic N) is 2. The SMILES string of the molecule is CC(=N)N1CCC(Oc2ccc(N(Cc3ccc4ccc(C(=N)N)cc4c3)C(=S)c3ccccc3)cc2)CC1. The summed E-state index contributed by atoms with van der Waals surface area (Å²) >= 11 is 6.00. The molecular weight excluding hydrogens is 502 g/mol. The summed E-state index contributed by atoms with van der Waals surface area (Å²) in [7, 11) is 0. The first-order chi connectivity index (χ1) is 18.9. The summed E-state index contributed by atoms with van der Waals surface area (Å²) in [5, 5.41) is 17.8. The van der Waals surface area contributed by atoms with E-state index in [1.807, 2.05) is 67.6 Å². The molecule has 6 nitrogen and oxygen atoms in total. The molecule has 0 bridgehead atoms. The fourth-order valence-corrected chi connectivity index (χ4v) is 5.27.